The summed E-state index contributed by atoms with van der Waals surface area (Å²) in [7, 11) is 0. The van der Waals surface area contributed by atoms with Gasteiger partial charge >= 0.3 is 6.18 Å². The van der Waals surface area contributed by atoms with Crippen molar-refractivity contribution in [3.8, 4) is 6.07 Å². The molecule has 0 saturated heterocycles. The van der Waals surface area contributed by atoms with E-state index in [4.69, 9.17) is 16.9 Å². The molecule has 0 bridgehead atoms. The third-order valence-corrected chi connectivity index (χ3v) is 2.17. The highest BCUT2D eigenvalue weighted by molar-refractivity contribution is 6.31. The van der Waals surface area contributed by atoms with E-state index in [-0.39, 0.29) is 0 Å². The molecular formula is C9H4ClF4N. The van der Waals surface area contributed by atoms with Crippen LogP contribution in [0.5, 0.6) is 0 Å². The molecule has 0 spiro atoms. The Morgan fingerprint density at radius 3 is 2.40 bits per heavy atom. The Balaban J connectivity index is 3.41. The van der Waals surface area contributed by atoms with Crippen molar-refractivity contribution in [1.82, 2.24) is 0 Å². The summed E-state index contributed by atoms with van der Waals surface area (Å²) in [5, 5.41) is 7.68. The van der Waals surface area contributed by atoms with E-state index in [1.54, 1.807) is 0 Å². The molecule has 0 unspecified atom stereocenters. The molecule has 0 heterocycles. The van der Waals surface area contributed by atoms with Crippen molar-refractivity contribution in [2.24, 2.45) is 0 Å². The molecule has 80 valence electrons. The fourth-order valence-corrected chi connectivity index (χ4v) is 1.34. The average Bonchev–Trinajstić information content (AvgIpc) is 2.11. The summed E-state index contributed by atoms with van der Waals surface area (Å²) in [6, 6.07) is 2.72. The topological polar surface area (TPSA) is 23.8 Å². The Labute approximate surface area is 87.9 Å². The zero-order valence-electron chi connectivity index (χ0n) is 7.20. The van der Waals surface area contributed by atoms with Gasteiger partial charge in [0.25, 0.3) is 0 Å². The second kappa shape index (κ2) is 4.07. The molecule has 0 aromatic heterocycles. The van der Waals surface area contributed by atoms with E-state index in [2.05, 4.69) is 0 Å². The summed E-state index contributed by atoms with van der Waals surface area (Å²) < 4.78 is 50.0. The van der Waals surface area contributed by atoms with Gasteiger partial charge in [-0.15, -0.1) is 0 Å². The van der Waals surface area contributed by atoms with Crippen LogP contribution < -0.4 is 0 Å². The van der Waals surface area contributed by atoms with E-state index in [1.165, 1.54) is 6.07 Å². The van der Waals surface area contributed by atoms with Gasteiger partial charge in [-0.25, -0.2) is 4.39 Å². The van der Waals surface area contributed by atoms with Gasteiger partial charge < -0.3 is 0 Å². The molecule has 0 aliphatic rings. The van der Waals surface area contributed by atoms with Gasteiger partial charge in [0, 0.05) is 0 Å². The molecular weight excluding hydrogens is 234 g/mol. The number of alkyl halides is 3. The summed E-state index contributed by atoms with van der Waals surface area (Å²) in [6.45, 7) is 0. The number of nitrogens with zero attached hydrogens (tertiary/aromatic N) is 1. The third-order valence-electron chi connectivity index (χ3n) is 1.76. The number of nitriles is 1. The van der Waals surface area contributed by atoms with Crippen molar-refractivity contribution in [2.45, 2.75) is 12.6 Å². The van der Waals surface area contributed by atoms with Crippen LogP contribution in [0.4, 0.5) is 17.6 Å². The highest BCUT2D eigenvalue weighted by atomic mass is 35.5. The maximum absolute atomic E-state index is 12.9. The first-order chi connectivity index (χ1) is 6.88. The summed E-state index contributed by atoms with van der Waals surface area (Å²) in [5.74, 6) is -0.963. The lowest BCUT2D eigenvalue weighted by atomic mass is 10.0. The van der Waals surface area contributed by atoms with Gasteiger partial charge in [-0.2, -0.15) is 18.4 Å². The van der Waals surface area contributed by atoms with E-state index >= 15 is 0 Å². The Morgan fingerprint density at radius 2 is 1.93 bits per heavy atom. The summed E-state index contributed by atoms with van der Waals surface area (Å²) in [4.78, 5) is 0. The van der Waals surface area contributed by atoms with E-state index in [9.17, 15) is 17.6 Å². The standard InChI is InChI=1S/C9H4ClF4N/c10-8-5(3-4-15)6(9(12,13)14)1-2-7(8)11/h1-2H,3H2. The largest absolute Gasteiger partial charge is 0.416 e. The van der Waals surface area contributed by atoms with Gasteiger partial charge in [-0.3, -0.25) is 0 Å². The van der Waals surface area contributed by atoms with Crippen LogP contribution in [0.15, 0.2) is 12.1 Å². The molecule has 0 atom stereocenters. The minimum Gasteiger partial charge on any atom is -0.205 e. The van der Waals surface area contributed by atoms with Gasteiger partial charge in [0.1, 0.15) is 5.82 Å². The van der Waals surface area contributed by atoms with Crippen LogP contribution in [0.2, 0.25) is 5.02 Å². The van der Waals surface area contributed by atoms with Crippen LogP contribution in [0.1, 0.15) is 11.1 Å². The molecule has 1 nitrogen and oxygen atoms in total. The van der Waals surface area contributed by atoms with Crippen molar-refractivity contribution in [1.29, 1.82) is 5.26 Å². The van der Waals surface area contributed by atoms with Gasteiger partial charge in [0.15, 0.2) is 0 Å². The third kappa shape index (κ3) is 2.39. The molecule has 0 radical (unpaired) electrons. The van der Waals surface area contributed by atoms with Crippen LogP contribution in [0.25, 0.3) is 0 Å². The fraction of sp³-hybridized carbons (Fsp3) is 0.222. The highest BCUT2D eigenvalue weighted by Crippen LogP contribution is 2.36. The monoisotopic (exact) mass is 237 g/mol. The minimum atomic E-state index is -4.64. The normalized spacial score (nSPS) is 11.2. The van der Waals surface area contributed by atoms with E-state index < -0.39 is 34.6 Å². The molecule has 0 aliphatic heterocycles. The molecule has 1 aromatic carbocycles. The average molecular weight is 238 g/mol. The number of hydrogen-bond acceptors (Lipinski definition) is 1. The Kier molecular flexibility index (Phi) is 3.20. The maximum atomic E-state index is 12.9. The minimum absolute atomic E-state index is 0.522. The van der Waals surface area contributed by atoms with Crippen molar-refractivity contribution < 1.29 is 17.6 Å². The Hall–Kier alpha value is -1.28. The maximum Gasteiger partial charge on any atom is 0.416 e. The number of halogens is 5. The number of rotatable bonds is 1. The molecule has 15 heavy (non-hydrogen) atoms. The molecule has 0 fully saturated rings. The number of hydrogen-bond donors (Lipinski definition) is 0. The highest BCUT2D eigenvalue weighted by Gasteiger charge is 2.34. The molecule has 0 aliphatic carbocycles. The summed E-state index contributed by atoms with van der Waals surface area (Å²) in [6.07, 6.45) is -5.21. The zero-order chi connectivity index (χ0) is 11.6. The van der Waals surface area contributed by atoms with Gasteiger partial charge in [-0.1, -0.05) is 11.6 Å². The second-order valence-corrected chi connectivity index (χ2v) is 3.10. The molecule has 0 N–H and O–H groups in total. The first-order valence-corrected chi connectivity index (χ1v) is 4.16. The number of benzene rings is 1. The lowest BCUT2D eigenvalue weighted by Crippen LogP contribution is -2.10. The molecule has 0 saturated carbocycles. The molecule has 1 aromatic rings. The van der Waals surface area contributed by atoms with Crippen LogP contribution in [0.3, 0.4) is 0 Å². The predicted molar refractivity (Wildman–Crippen MR) is 45.7 cm³/mol. The first-order valence-electron chi connectivity index (χ1n) is 3.79. The lowest BCUT2D eigenvalue weighted by Gasteiger charge is -2.12. The van der Waals surface area contributed by atoms with Crippen LogP contribution in [-0.2, 0) is 12.6 Å². The van der Waals surface area contributed by atoms with Gasteiger partial charge in [0.2, 0.25) is 0 Å². The SMILES string of the molecule is N#CCc1c(C(F)(F)F)ccc(F)c1Cl. The van der Waals surface area contributed by atoms with Gasteiger partial charge in [-0.05, 0) is 17.7 Å². The first kappa shape index (κ1) is 11.8. The summed E-state index contributed by atoms with van der Waals surface area (Å²) in [5.41, 5.74) is -1.60. The molecule has 1 rings (SSSR count). The predicted octanol–water partition coefficient (Wildman–Crippen LogP) is 3.56. The van der Waals surface area contributed by atoms with Crippen LogP contribution in [0, 0.1) is 17.1 Å². The van der Waals surface area contributed by atoms with Gasteiger partial charge in [0.05, 0.1) is 23.1 Å². The summed E-state index contributed by atoms with van der Waals surface area (Å²) >= 11 is 5.36. The quantitative estimate of drug-likeness (QED) is 0.685. The fourth-order valence-electron chi connectivity index (χ4n) is 1.11. The second-order valence-electron chi connectivity index (χ2n) is 2.72. The zero-order valence-corrected chi connectivity index (χ0v) is 7.95. The smallest absolute Gasteiger partial charge is 0.205 e. The van der Waals surface area contributed by atoms with Crippen LogP contribution in [-0.4, -0.2) is 0 Å². The van der Waals surface area contributed by atoms with E-state index in [1.807, 2.05) is 0 Å². The Morgan fingerprint density at radius 1 is 1.33 bits per heavy atom. The van der Waals surface area contributed by atoms with E-state index in [0.717, 1.165) is 0 Å². The van der Waals surface area contributed by atoms with Crippen molar-refractivity contribution in [3.63, 3.8) is 0 Å². The molecule has 0 amide bonds. The van der Waals surface area contributed by atoms with Crippen molar-refractivity contribution in [2.75, 3.05) is 0 Å². The van der Waals surface area contributed by atoms with Crippen molar-refractivity contribution >= 4 is 11.6 Å². The Bertz CT molecular complexity index is 419. The van der Waals surface area contributed by atoms with Crippen molar-refractivity contribution in [3.05, 3.63) is 34.1 Å². The van der Waals surface area contributed by atoms with Crippen LogP contribution >= 0.6 is 11.6 Å². The lowest BCUT2D eigenvalue weighted by molar-refractivity contribution is -0.138. The molecule has 6 heteroatoms. The van der Waals surface area contributed by atoms with E-state index in [0.29, 0.717) is 12.1 Å².